The highest BCUT2D eigenvalue weighted by Gasteiger charge is 2.29. The summed E-state index contributed by atoms with van der Waals surface area (Å²) >= 11 is 0. The second-order valence-electron chi connectivity index (χ2n) is 4.92. The summed E-state index contributed by atoms with van der Waals surface area (Å²) in [5, 5.41) is 0. The van der Waals surface area contributed by atoms with Crippen molar-refractivity contribution in [3.8, 4) is 0 Å². The van der Waals surface area contributed by atoms with Gasteiger partial charge in [0.2, 0.25) is 5.91 Å². The van der Waals surface area contributed by atoms with Crippen LogP contribution in [0.25, 0.3) is 0 Å². The maximum Gasteiger partial charge on any atom is 0.310 e. The zero-order chi connectivity index (χ0) is 12.8. The molecule has 17 heavy (non-hydrogen) atoms. The molecule has 2 atom stereocenters. The Balaban J connectivity index is 2.48. The van der Waals surface area contributed by atoms with Crippen molar-refractivity contribution in [1.29, 1.82) is 0 Å². The summed E-state index contributed by atoms with van der Waals surface area (Å²) in [7, 11) is 1.41. The molecule has 1 rings (SSSR count). The van der Waals surface area contributed by atoms with Crippen molar-refractivity contribution in [2.45, 2.75) is 39.5 Å². The highest BCUT2D eigenvalue weighted by molar-refractivity contribution is 5.78. The number of methoxy groups -OCH3 is 1. The Kier molecular flexibility index (Phi) is 5.45. The summed E-state index contributed by atoms with van der Waals surface area (Å²) in [6, 6.07) is 0. The summed E-state index contributed by atoms with van der Waals surface area (Å²) in [6.07, 6.45) is 3.33. The topological polar surface area (TPSA) is 46.6 Å². The monoisotopic (exact) mass is 241 g/mol. The number of carbonyl (C=O) groups is 2. The summed E-state index contributed by atoms with van der Waals surface area (Å²) in [6.45, 7) is 5.48. The van der Waals surface area contributed by atoms with Gasteiger partial charge in [0.05, 0.1) is 13.0 Å². The van der Waals surface area contributed by atoms with Gasteiger partial charge in [-0.15, -0.1) is 0 Å². The Hall–Kier alpha value is -1.06. The van der Waals surface area contributed by atoms with Crippen molar-refractivity contribution in [1.82, 2.24) is 4.90 Å². The van der Waals surface area contributed by atoms with Crippen molar-refractivity contribution in [2.75, 3.05) is 20.2 Å². The Bertz CT molecular complexity index is 278. The van der Waals surface area contributed by atoms with E-state index in [1.54, 1.807) is 0 Å². The number of amides is 1. The molecular formula is C13H23NO3. The Morgan fingerprint density at radius 3 is 2.76 bits per heavy atom. The number of carbonyl (C=O) groups excluding carboxylic acids is 2. The fourth-order valence-corrected chi connectivity index (χ4v) is 2.13. The molecule has 0 spiro atoms. The fraction of sp³-hybridized carbons (Fsp3) is 0.846. The highest BCUT2D eigenvalue weighted by Crippen LogP contribution is 2.19. The van der Waals surface area contributed by atoms with Gasteiger partial charge in [0.15, 0.2) is 0 Å². The molecule has 1 aliphatic heterocycles. The van der Waals surface area contributed by atoms with Gasteiger partial charge in [0, 0.05) is 19.5 Å². The summed E-state index contributed by atoms with van der Waals surface area (Å²) < 4.78 is 4.74. The van der Waals surface area contributed by atoms with Crippen LogP contribution in [-0.4, -0.2) is 37.0 Å². The zero-order valence-corrected chi connectivity index (χ0v) is 11.1. The number of esters is 1. The molecule has 0 aromatic heterocycles. The van der Waals surface area contributed by atoms with Crippen LogP contribution in [-0.2, 0) is 14.3 Å². The molecule has 1 aliphatic rings. The van der Waals surface area contributed by atoms with Crippen molar-refractivity contribution < 1.29 is 14.3 Å². The molecule has 98 valence electrons. The third kappa shape index (κ3) is 4.02. The molecule has 4 heteroatoms. The van der Waals surface area contributed by atoms with Crippen LogP contribution in [0.2, 0.25) is 0 Å². The number of likely N-dealkylation sites (tertiary alicyclic amines) is 1. The minimum absolute atomic E-state index is 0.130. The first kappa shape index (κ1) is 14.0. The highest BCUT2D eigenvalue weighted by atomic mass is 16.5. The van der Waals surface area contributed by atoms with Crippen molar-refractivity contribution >= 4 is 11.9 Å². The van der Waals surface area contributed by atoms with E-state index in [0.717, 1.165) is 25.8 Å². The van der Waals surface area contributed by atoms with Gasteiger partial charge in [-0.1, -0.05) is 20.3 Å². The smallest absolute Gasteiger partial charge is 0.310 e. The molecule has 1 saturated heterocycles. The van der Waals surface area contributed by atoms with E-state index < -0.39 is 0 Å². The normalized spacial score (nSPS) is 22.1. The van der Waals surface area contributed by atoms with Crippen LogP contribution in [0, 0.1) is 11.8 Å². The van der Waals surface area contributed by atoms with Crippen LogP contribution < -0.4 is 0 Å². The third-order valence-electron chi connectivity index (χ3n) is 3.53. The predicted octanol–water partition coefficient (Wildman–Crippen LogP) is 1.83. The van der Waals surface area contributed by atoms with E-state index in [1.165, 1.54) is 7.11 Å². The average Bonchev–Trinajstić information content (AvgIpc) is 2.37. The number of hydrogen-bond acceptors (Lipinski definition) is 3. The van der Waals surface area contributed by atoms with Gasteiger partial charge in [-0.2, -0.15) is 0 Å². The predicted molar refractivity (Wildman–Crippen MR) is 65.4 cm³/mol. The van der Waals surface area contributed by atoms with E-state index in [9.17, 15) is 9.59 Å². The largest absolute Gasteiger partial charge is 0.469 e. The van der Waals surface area contributed by atoms with Crippen molar-refractivity contribution in [3.63, 3.8) is 0 Å². The first-order chi connectivity index (χ1) is 8.08. The number of nitrogens with zero attached hydrogens (tertiary/aromatic N) is 1. The van der Waals surface area contributed by atoms with E-state index in [4.69, 9.17) is 4.74 Å². The van der Waals surface area contributed by atoms with Crippen molar-refractivity contribution in [2.24, 2.45) is 11.8 Å². The lowest BCUT2D eigenvalue weighted by Gasteiger charge is -2.32. The standard InChI is InChI=1S/C13H23NO3/c1-4-10(2)8-12(15)14-7-5-6-11(9-14)13(16)17-3/h10-11H,4-9H2,1-3H3/t10?,11-/m0/s1. The van der Waals surface area contributed by atoms with E-state index >= 15 is 0 Å². The zero-order valence-electron chi connectivity index (χ0n) is 11.1. The molecule has 0 aromatic carbocycles. The minimum atomic E-state index is -0.189. The van der Waals surface area contributed by atoms with E-state index in [1.807, 2.05) is 4.90 Å². The molecule has 1 heterocycles. The van der Waals surface area contributed by atoms with Gasteiger partial charge in [-0.25, -0.2) is 0 Å². The van der Waals surface area contributed by atoms with E-state index in [2.05, 4.69) is 13.8 Å². The lowest BCUT2D eigenvalue weighted by atomic mass is 9.96. The summed E-state index contributed by atoms with van der Waals surface area (Å²) in [5.41, 5.74) is 0. The number of piperidine rings is 1. The van der Waals surface area contributed by atoms with Gasteiger partial charge in [-0.3, -0.25) is 9.59 Å². The lowest BCUT2D eigenvalue weighted by molar-refractivity contribution is -0.149. The lowest BCUT2D eigenvalue weighted by Crippen LogP contribution is -2.43. The maximum absolute atomic E-state index is 12.0. The van der Waals surface area contributed by atoms with Crippen LogP contribution in [0.15, 0.2) is 0 Å². The molecule has 1 amide bonds. The van der Waals surface area contributed by atoms with Gasteiger partial charge in [0.25, 0.3) is 0 Å². The van der Waals surface area contributed by atoms with Crippen LogP contribution >= 0.6 is 0 Å². The SMILES string of the molecule is CCC(C)CC(=O)N1CCC[C@H](C(=O)OC)C1. The Labute approximate surface area is 103 Å². The summed E-state index contributed by atoms with van der Waals surface area (Å²) in [4.78, 5) is 25.3. The number of rotatable bonds is 4. The first-order valence-electron chi connectivity index (χ1n) is 6.44. The van der Waals surface area contributed by atoms with Crippen LogP contribution in [0.3, 0.4) is 0 Å². The third-order valence-corrected chi connectivity index (χ3v) is 3.53. The van der Waals surface area contributed by atoms with Crippen LogP contribution in [0.5, 0.6) is 0 Å². The second-order valence-corrected chi connectivity index (χ2v) is 4.92. The molecule has 0 bridgehead atoms. The first-order valence-corrected chi connectivity index (χ1v) is 6.44. The second kappa shape index (κ2) is 6.62. The molecule has 0 saturated carbocycles. The Morgan fingerprint density at radius 2 is 2.18 bits per heavy atom. The molecule has 1 fully saturated rings. The molecule has 1 unspecified atom stereocenters. The molecule has 0 aromatic rings. The molecule has 0 N–H and O–H groups in total. The fourth-order valence-electron chi connectivity index (χ4n) is 2.13. The van der Waals surface area contributed by atoms with Gasteiger partial charge in [-0.05, 0) is 18.8 Å². The molecule has 0 aliphatic carbocycles. The summed E-state index contributed by atoms with van der Waals surface area (Å²) in [5.74, 6) is 0.273. The molecule has 4 nitrogen and oxygen atoms in total. The number of ether oxygens (including phenoxy) is 1. The maximum atomic E-state index is 12.0. The molecule has 0 radical (unpaired) electrons. The quantitative estimate of drug-likeness (QED) is 0.705. The van der Waals surface area contributed by atoms with E-state index in [-0.39, 0.29) is 17.8 Å². The van der Waals surface area contributed by atoms with Crippen LogP contribution in [0.4, 0.5) is 0 Å². The molecular weight excluding hydrogens is 218 g/mol. The number of hydrogen-bond donors (Lipinski definition) is 0. The average molecular weight is 241 g/mol. The minimum Gasteiger partial charge on any atom is -0.469 e. The van der Waals surface area contributed by atoms with Crippen LogP contribution in [0.1, 0.15) is 39.5 Å². The van der Waals surface area contributed by atoms with Gasteiger partial charge in [0.1, 0.15) is 0 Å². The Morgan fingerprint density at radius 1 is 1.47 bits per heavy atom. The van der Waals surface area contributed by atoms with Gasteiger partial charge >= 0.3 is 5.97 Å². The van der Waals surface area contributed by atoms with Crippen molar-refractivity contribution in [3.05, 3.63) is 0 Å². The van der Waals surface area contributed by atoms with E-state index in [0.29, 0.717) is 18.9 Å². The van der Waals surface area contributed by atoms with Gasteiger partial charge < -0.3 is 9.64 Å².